The van der Waals surface area contributed by atoms with Gasteiger partial charge >= 0.3 is 0 Å². The Bertz CT molecular complexity index is 518. The maximum Gasteiger partial charge on any atom is 0.251 e. The van der Waals surface area contributed by atoms with E-state index in [2.05, 4.69) is 5.32 Å². The van der Waals surface area contributed by atoms with Crippen molar-refractivity contribution in [1.29, 1.82) is 0 Å². The minimum Gasteiger partial charge on any atom is -0.497 e. The minimum atomic E-state index is -0.348. The second-order valence-corrected chi connectivity index (χ2v) is 4.78. The summed E-state index contributed by atoms with van der Waals surface area (Å²) in [6.45, 7) is 2.14. The van der Waals surface area contributed by atoms with Crippen LogP contribution in [0.25, 0.3) is 0 Å². The Labute approximate surface area is 129 Å². The van der Waals surface area contributed by atoms with E-state index in [1.165, 1.54) is 14.2 Å². The SMILES string of the molecule is COc1cc(OC)cc(C(=O)NCC(=O)N2CCOCC2)c1. The molecule has 0 radical (unpaired) electrons. The van der Waals surface area contributed by atoms with Gasteiger partial charge in [-0.15, -0.1) is 0 Å². The van der Waals surface area contributed by atoms with Crippen molar-refractivity contribution in [2.75, 3.05) is 47.1 Å². The fourth-order valence-corrected chi connectivity index (χ4v) is 2.12. The molecule has 2 rings (SSSR count). The second-order valence-electron chi connectivity index (χ2n) is 4.78. The summed E-state index contributed by atoms with van der Waals surface area (Å²) in [5.41, 5.74) is 0.381. The molecular formula is C15H20N2O5. The molecule has 1 aromatic rings. The highest BCUT2D eigenvalue weighted by Crippen LogP contribution is 2.22. The Morgan fingerprint density at radius 3 is 2.27 bits per heavy atom. The zero-order valence-corrected chi connectivity index (χ0v) is 12.8. The van der Waals surface area contributed by atoms with Crippen LogP contribution in [0.4, 0.5) is 0 Å². The van der Waals surface area contributed by atoms with Gasteiger partial charge in [-0.3, -0.25) is 9.59 Å². The molecule has 120 valence electrons. The number of nitrogens with one attached hydrogen (secondary N) is 1. The summed E-state index contributed by atoms with van der Waals surface area (Å²) >= 11 is 0. The quantitative estimate of drug-likeness (QED) is 0.846. The summed E-state index contributed by atoms with van der Waals surface area (Å²) in [7, 11) is 3.02. The molecule has 1 saturated heterocycles. The summed E-state index contributed by atoms with van der Waals surface area (Å²) in [6.07, 6.45) is 0. The summed E-state index contributed by atoms with van der Waals surface area (Å²) in [4.78, 5) is 25.8. The summed E-state index contributed by atoms with van der Waals surface area (Å²) in [5.74, 6) is 0.568. The highest BCUT2D eigenvalue weighted by molar-refractivity contribution is 5.97. The molecule has 2 amide bonds. The molecule has 0 spiro atoms. The molecule has 0 saturated carbocycles. The van der Waals surface area contributed by atoms with Crippen molar-refractivity contribution in [3.8, 4) is 11.5 Å². The highest BCUT2D eigenvalue weighted by atomic mass is 16.5. The van der Waals surface area contributed by atoms with Crippen LogP contribution in [0.3, 0.4) is 0 Å². The van der Waals surface area contributed by atoms with Gasteiger partial charge in [-0.2, -0.15) is 0 Å². The average molecular weight is 308 g/mol. The van der Waals surface area contributed by atoms with E-state index in [1.807, 2.05) is 0 Å². The van der Waals surface area contributed by atoms with E-state index in [1.54, 1.807) is 23.1 Å². The van der Waals surface area contributed by atoms with Gasteiger partial charge in [0.15, 0.2) is 0 Å². The van der Waals surface area contributed by atoms with Crippen molar-refractivity contribution < 1.29 is 23.8 Å². The molecule has 0 aromatic heterocycles. The first-order valence-corrected chi connectivity index (χ1v) is 7.01. The van der Waals surface area contributed by atoms with Gasteiger partial charge in [0.2, 0.25) is 5.91 Å². The Morgan fingerprint density at radius 1 is 1.14 bits per heavy atom. The Kier molecular flexibility index (Phi) is 5.60. The van der Waals surface area contributed by atoms with Gasteiger partial charge in [-0.25, -0.2) is 0 Å². The van der Waals surface area contributed by atoms with Gasteiger partial charge in [0.05, 0.1) is 34.0 Å². The molecule has 0 aliphatic carbocycles. The predicted octanol–water partition coefficient (Wildman–Crippen LogP) is 0.292. The molecule has 0 unspecified atom stereocenters. The molecule has 1 fully saturated rings. The fraction of sp³-hybridized carbons (Fsp3) is 0.467. The number of benzene rings is 1. The lowest BCUT2D eigenvalue weighted by atomic mass is 10.2. The average Bonchev–Trinajstić information content (AvgIpc) is 2.59. The molecule has 1 heterocycles. The third-order valence-corrected chi connectivity index (χ3v) is 3.38. The number of carbonyl (C=O) groups excluding carboxylic acids is 2. The normalized spacial score (nSPS) is 14.4. The Morgan fingerprint density at radius 2 is 1.73 bits per heavy atom. The zero-order valence-electron chi connectivity index (χ0n) is 12.8. The van der Waals surface area contributed by atoms with Crippen LogP contribution in [0.5, 0.6) is 11.5 Å². The summed E-state index contributed by atoms with van der Waals surface area (Å²) < 4.78 is 15.4. The molecule has 0 bridgehead atoms. The van der Waals surface area contributed by atoms with Crippen molar-refractivity contribution in [3.05, 3.63) is 23.8 Å². The third-order valence-electron chi connectivity index (χ3n) is 3.38. The van der Waals surface area contributed by atoms with E-state index in [-0.39, 0.29) is 18.4 Å². The first kappa shape index (κ1) is 16.1. The molecule has 1 aromatic carbocycles. The van der Waals surface area contributed by atoms with E-state index in [0.29, 0.717) is 43.4 Å². The molecule has 0 atom stereocenters. The highest BCUT2D eigenvalue weighted by Gasteiger charge is 2.18. The van der Waals surface area contributed by atoms with E-state index >= 15 is 0 Å². The molecule has 7 nitrogen and oxygen atoms in total. The number of carbonyl (C=O) groups is 2. The predicted molar refractivity (Wildman–Crippen MR) is 79.3 cm³/mol. The molecule has 1 N–H and O–H groups in total. The van der Waals surface area contributed by atoms with Crippen LogP contribution in [0.15, 0.2) is 18.2 Å². The van der Waals surface area contributed by atoms with Crippen LogP contribution in [-0.4, -0.2) is 63.8 Å². The van der Waals surface area contributed by atoms with Crippen molar-refractivity contribution in [1.82, 2.24) is 10.2 Å². The maximum absolute atomic E-state index is 12.2. The van der Waals surface area contributed by atoms with E-state index < -0.39 is 0 Å². The number of morpholine rings is 1. The molecule has 1 aliphatic heterocycles. The number of nitrogens with zero attached hydrogens (tertiary/aromatic N) is 1. The van der Waals surface area contributed by atoms with Gasteiger partial charge in [-0.1, -0.05) is 0 Å². The van der Waals surface area contributed by atoms with E-state index in [9.17, 15) is 9.59 Å². The van der Waals surface area contributed by atoms with Crippen molar-refractivity contribution in [2.45, 2.75) is 0 Å². The number of ether oxygens (including phenoxy) is 3. The van der Waals surface area contributed by atoms with Crippen LogP contribution in [0.1, 0.15) is 10.4 Å². The number of amides is 2. The van der Waals surface area contributed by atoms with Gasteiger partial charge in [0.1, 0.15) is 11.5 Å². The molecule has 22 heavy (non-hydrogen) atoms. The maximum atomic E-state index is 12.2. The van der Waals surface area contributed by atoms with Crippen LogP contribution in [0.2, 0.25) is 0 Å². The minimum absolute atomic E-state index is 0.0433. The molecule has 7 heteroatoms. The summed E-state index contributed by atoms with van der Waals surface area (Å²) in [6, 6.07) is 4.86. The Hall–Kier alpha value is -2.28. The molecular weight excluding hydrogens is 288 g/mol. The van der Waals surface area contributed by atoms with Crippen molar-refractivity contribution >= 4 is 11.8 Å². The second kappa shape index (κ2) is 7.65. The number of hydrogen-bond donors (Lipinski definition) is 1. The standard InChI is InChI=1S/C15H20N2O5/c1-20-12-7-11(8-13(9-12)21-2)15(19)16-10-14(18)17-3-5-22-6-4-17/h7-9H,3-6,10H2,1-2H3,(H,16,19). The lowest BCUT2D eigenvalue weighted by Crippen LogP contribution is -2.45. The fourth-order valence-electron chi connectivity index (χ4n) is 2.12. The number of hydrogen-bond acceptors (Lipinski definition) is 5. The topological polar surface area (TPSA) is 77.1 Å². The lowest BCUT2D eigenvalue weighted by Gasteiger charge is -2.26. The van der Waals surface area contributed by atoms with Crippen LogP contribution >= 0.6 is 0 Å². The van der Waals surface area contributed by atoms with Crippen molar-refractivity contribution in [3.63, 3.8) is 0 Å². The third kappa shape index (κ3) is 4.11. The monoisotopic (exact) mass is 308 g/mol. The van der Waals surface area contributed by atoms with Crippen LogP contribution < -0.4 is 14.8 Å². The van der Waals surface area contributed by atoms with Crippen LogP contribution in [0, 0.1) is 0 Å². The van der Waals surface area contributed by atoms with Gasteiger partial charge < -0.3 is 24.4 Å². The largest absolute Gasteiger partial charge is 0.497 e. The van der Waals surface area contributed by atoms with E-state index in [4.69, 9.17) is 14.2 Å². The zero-order chi connectivity index (χ0) is 15.9. The molecule has 1 aliphatic rings. The van der Waals surface area contributed by atoms with Gasteiger partial charge in [0.25, 0.3) is 5.91 Å². The van der Waals surface area contributed by atoms with Gasteiger partial charge in [0, 0.05) is 24.7 Å². The van der Waals surface area contributed by atoms with E-state index in [0.717, 1.165) is 0 Å². The number of methoxy groups -OCH3 is 2. The van der Waals surface area contributed by atoms with Crippen molar-refractivity contribution in [2.24, 2.45) is 0 Å². The Balaban J connectivity index is 1.95. The summed E-state index contributed by atoms with van der Waals surface area (Å²) in [5, 5.41) is 2.62. The first-order chi connectivity index (χ1) is 10.6. The van der Waals surface area contributed by atoms with Crippen LogP contribution in [-0.2, 0) is 9.53 Å². The van der Waals surface area contributed by atoms with Gasteiger partial charge in [-0.05, 0) is 12.1 Å². The smallest absolute Gasteiger partial charge is 0.251 e. The lowest BCUT2D eigenvalue weighted by molar-refractivity contribution is -0.134. The first-order valence-electron chi connectivity index (χ1n) is 7.01. The number of rotatable bonds is 5.